The molecule has 1 amide bonds. The number of ether oxygens (including phenoxy) is 3. The summed E-state index contributed by atoms with van der Waals surface area (Å²) in [6, 6.07) is 13.9. The maximum Gasteiger partial charge on any atom is 0.338 e. The summed E-state index contributed by atoms with van der Waals surface area (Å²) < 4.78 is 15.7. The monoisotopic (exact) mass is 343 g/mol. The number of anilines is 1. The molecule has 0 fully saturated rings. The van der Waals surface area contributed by atoms with Crippen LogP contribution < -0.4 is 14.4 Å². The molecule has 0 aliphatic carbocycles. The number of likely N-dealkylation sites (N-methyl/N-ethyl adjacent to an activating group) is 1. The summed E-state index contributed by atoms with van der Waals surface area (Å²) in [5.74, 6) is 0.0574. The van der Waals surface area contributed by atoms with Gasteiger partial charge in [-0.1, -0.05) is 18.2 Å². The minimum absolute atomic E-state index is 0.291. The lowest BCUT2D eigenvalue weighted by molar-refractivity contribution is -0.121. The molecule has 0 aromatic heterocycles. The molecule has 0 radical (unpaired) electrons. The molecule has 0 atom stereocenters. The van der Waals surface area contributed by atoms with Gasteiger partial charge in [0.15, 0.2) is 18.1 Å². The summed E-state index contributed by atoms with van der Waals surface area (Å²) in [7, 11) is 3.15. The maximum absolute atomic E-state index is 12.2. The number of nitrogens with zero attached hydrogens (tertiary/aromatic N) is 1. The Kier molecular flexibility index (Phi) is 6.39. The molecule has 0 aliphatic rings. The third-order valence-corrected chi connectivity index (χ3v) is 3.54. The lowest BCUT2D eigenvalue weighted by atomic mass is 10.2. The first-order valence-corrected chi connectivity index (χ1v) is 7.86. The Balaban J connectivity index is 2.00. The Morgan fingerprint density at radius 2 is 1.76 bits per heavy atom. The number of carbonyl (C=O) groups is 2. The van der Waals surface area contributed by atoms with Crippen LogP contribution in [0.1, 0.15) is 17.3 Å². The molecule has 2 aromatic carbocycles. The largest absolute Gasteiger partial charge is 0.493 e. The van der Waals surface area contributed by atoms with E-state index in [-0.39, 0.29) is 12.5 Å². The SMILES string of the molecule is CCOc1cc(C(=O)OCC(=O)N(C)c2ccccc2)ccc1OC. The molecule has 0 heterocycles. The van der Waals surface area contributed by atoms with Crippen LogP contribution in [0.5, 0.6) is 11.5 Å². The highest BCUT2D eigenvalue weighted by Crippen LogP contribution is 2.28. The van der Waals surface area contributed by atoms with E-state index in [1.165, 1.54) is 18.1 Å². The molecule has 0 spiro atoms. The number of benzene rings is 2. The lowest BCUT2D eigenvalue weighted by Gasteiger charge is -2.17. The molecule has 0 bridgehead atoms. The number of carbonyl (C=O) groups excluding carboxylic acids is 2. The van der Waals surface area contributed by atoms with Gasteiger partial charge in [-0.15, -0.1) is 0 Å². The van der Waals surface area contributed by atoms with Gasteiger partial charge in [-0.3, -0.25) is 4.79 Å². The van der Waals surface area contributed by atoms with Gasteiger partial charge >= 0.3 is 5.97 Å². The first-order chi connectivity index (χ1) is 12.1. The Hall–Kier alpha value is -3.02. The molecule has 0 saturated carbocycles. The zero-order chi connectivity index (χ0) is 18.2. The number of hydrogen-bond donors (Lipinski definition) is 0. The Morgan fingerprint density at radius 3 is 2.40 bits per heavy atom. The molecular weight excluding hydrogens is 322 g/mol. The van der Waals surface area contributed by atoms with Gasteiger partial charge in [0, 0.05) is 12.7 Å². The summed E-state index contributed by atoms with van der Waals surface area (Å²) >= 11 is 0. The highest BCUT2D eigenvalue weighted by atomic mass is 16.5. The quantitative estimate of drug-likeness (QED) is 0.723. The third-order valence-electron chi connectivity index (χ3n) is 3.54. The average Bonchev–Trinajstić information content (AvgIpc) is 2.66. The molecule has 25 heavy (non-hydrogen) atoms. The van der Waals surface area contributed by atoms with E-state index in [0.29, 0.717) is 23.7 Å². The van der Waals surface area contributed by atoms with E-state index in [0.717, 1.165) is 5.69 Å². The first kappa shape index (κ1) is 18.3. The summed E-state index contributed by atoms with van der Waals surface area (Å²) in [5.41, 5.74) is 1.02. The summed E-state index contributed by atoms with van der Waals surface area (Å²) in [4.78, 5) is 25.8. The van der Waals surface area contributed by atoms with Gasteiger partial charge in [-0.2, -0.15) is 0 Å². The Morgan fingerprint density at radius 1 is 1.04 bits per heavy atom. The minimum Gasteiger partial charge on any atom is -0.493 e. The number of rotatable bonds is 7. The Bertz CT molecular complexity index is 730. The topological polar surface area (TPSA) is 65.1 Å². The van der Waals surface area contributed by atoms with Crippen molar-refractivity contribution in [3.63, 3.8) is 0 Å². The second-order valence-electron chi connectivity index (χ2n) is 5.16. The van der Waals surface area contributed by atoms with Crippen molar-refractivity contribution in [1.29, 1.82) is 0 Å². The third kappa shape index (κ3) is 4.73. The fourth-order valence-electron chi connectivity index (χ4n) is 2.18. The number of amides is 1. The number of esters is 1. The van der Waals surface area contributed by atoms with Crippen molar-refractivity contribution in [1.82, 2.24) is 0 Å². The second-order valence-corrected chi connectivity index (χ2v) is 5.16. The molecule has 6 nitrogen and oxygen atoms in total. The standard InChI is InChI=1S/C19H21NO5/c1-4-24-17-12-14(10-11-16(17)23-3)19(22)25-13-18(21)20(2)15-8-6-5-7-9-15/h5-12H,4,13H2,1-3H3. The smallest absolute Gasteiger partial charge is 0.338 e. The normalized spacial score (nSPS) is 10.0. The number of para-hydroxylation sites is 1. The molecular formula is C19H21NO5. The van der Waals surface area contributed by atoms with Gasteiger partial charge < -0.3 is 19.1 Å². The van der Waals surface area contributed by atoms with Gasteiger partial charge in [0.05, 0.1) is 19.3 Å². The summed E-state index contributed by atoms with van der Waals surface area (Å²) in [6.45, 7) is 1.93. The average molecular weight is 343 g/mol. The molecule has 2 aromatic rings. The van der Waals surface area contributed by atoms with Gasteiger partial charge in [0.25, 0.3) is 5.91 Å². The van der Waals surface area contributed by atoms with Crippen LogP contribution in [-0.2, 0) is 9.53 Å². The van der Waals surface area contributed by atoms with Crippen molar-refractivity contribution >= 4 is 17.6 Å². The molecule has 2 rings (SSSR count). The predicted octanol–water partition coefficient (Wildman–Crippen LogP) is 2.91. The predicted molar refractivity (Wildman–Crippen MR) is 94.3 cm³/mol. The van der Waals surface area contributed by atoms with Crippen molar-refractivity contribution in [2.24, 2.45) is 0 Å². The van der Waals surface area contributed by atoms with Crippen molar-refractivity contribution in [3.8, 4) is 11.5 Å². The zero-order valence-corrected chi connectivity index (χ0v) is 14.5. The molecule has 6 heteroatoms. The van der Waals surface area contributed by atoms with Gasteiger partial charge in [0.2, 0.25) is 0 Å². The summed E-state index contributed by atoms with van der Waals surface area (Å²) in [6.07, 6.45) is 0. The van der Waals surface area contributed by atoms with Crippen molar-refractivity contribution in [2.45, 2.75) is 6.92 Å². The van der Waals surface area contributed by atoms with Gasteiger partial charge in [-0.25, -0.2) is 4.79 Å². The maximum atomic E-state index is 12.2. The van der Waals surface area contributed by atoms with Crippen LogP contribution in [0.2, 0.25) is 0 Å². The van der Waals surface area contributed by atoms with Crippen molar-refractivity contribution < 1.29 is 23.8 Å². The van der Waals surface area contributed by atoms with Crippen LogP contribution >= 0.6 is 0 Å². The fourth-order valence-corrected chi connectivity index (χ4v) is 2.18. The second kappa shape index (κ2) is 8.73. The molecule has 0 saturated heterocycles. The van der Waals surface area contributed by atoms with E-state index in [9.17, 15) is 9.59 Å². The Labute approximate surface area is 146 Å². The number of hydrogen-bond acceptors (Lipinski definition) is 5. The lowest BCUT2D eigenvalue weighted by Crippen LogP contribution is -2.31. The van der Waals surface area contributed by atoms with E-state index in [1.54, 1.807) is 31.3 Å². The van der Waals surface area contributed by atoms with E-state index in [4.69, 9.17) is 14.2 Å². The van der Waals surface area contributed by atoms with E-state index in [1.807, 2.05) is 25.1 Å². The van der Waals surface area contributed by atoms with Gasteiger partial charge in [-0.05, 0) is 37.3 Å². The highest BCUT2D eigenvalue weighted by Gasteiger charge is 2.16. The zero-order valence-electron chi connectivity index (χ0n) is 14.5. The molecule has 0 N–H and O–H groups in total. The van der Waals surface area contributed by atoms with Crippen LogP contribution in [0.4, 0.5) is 5.69 Å². The number of methoxy groups -OCH3 is 1. The molecule has 0 unspecified atom stereocenters. The summed E-state index contributed by atoms with van der Waals surface area (Å²) in [5, 5.41) is 0. The van der Waals surface area contributed by atoms with Crippen LogP contribution in [0.3, 0.4) is 0 Å². The molecule has 0 aliphatic heterocycles. The van der Waals surface area contributed by atoms with Crippen molar-refractivity contribution in [3.05, 3.63) is 54.1 Å². The van der Waals surface area contributed by atoms with Crippen LogP contribution in [0, 0.1) is 0 Å². The fraction of sp³-hybridized carbons (Fsp3) is 0.263. The van der Waals surface area contributed by atoms with Crippen molar-refractivity contribution in [2.75, 3.05) is 32.3 Å². The van der Waals surface area contributed by atoms with Crippen LogP contribution in [0.15, 0.2) is 48.5 Å². The van der Waals surface area contributed by atoms with Crippen LogP contribution in [0.25, 0.3) is 0 Å². The van der Waals surface area contributed by atoms with Gasteiger partial charge in [0.1, 0.15) is 0 Å². The van der Waals surface area contributed by atoms with E-state index >= 15 is 0 Å². The minimum atomic E-state index is -0.599. The first-order valence-electron chi connectivity index (χ1n) is 7.86. The highest BCUT2D eigenvalue weighted by molar-refractivity contribution is 5.96. The van der Waals surface area contributed by atoms with E-state index in [2.05, 4.69) is 0 Å². The van der Waals surface area contributed by atoms with E-state index < -0.39 is 5.97 Å². The van der Waals surface area contributed by atoms with Crippen LogP contribution in [-0.4, -0.2) is 39.2 Å². The molecule has 132 valence electrons.